The van der Waals surface area contributed by atoms with Crippen LogP contribution in [0.3, 0.4) is 0 Å². The van der Waals surface area contributed by atoms with Crippen LogP contribution >= 0.6 is 22.9 Å². The lowest BCUT2D eigenvalue weighted by atomic mass is 10.0. The number of anilines is 1. The van der Waals surface area contributed by atoms with Gasteiger partial charge in [-0.05, 0) is 61.2 Å². The van der Waals surface area contributed by atoms with E-state index in [0.29, 0.717) is 28.9 Å². The van der Waals surface area contributed by atoms with Crippen LogP contribution in [0.4, 0.5) is 5.13 Å². The van der Waals surface area contributed by atoms with Crippen LogP contribution in [0.15, 0.2) is 53.1 Å². The molecule has 0 bridgehead atoms. The summed E-state index contributed by atoms with van der Waals surface area (Å²) in [5, 5.41) is 1.27. The van der Waals surface area contributed by atoms with E-state index in [4.69, 9.17) is 21.0 Å². The molecule has 0 aliphatic heterocycles. The first-order valence-corrected chi connectivity index (χ1v) is 10.6. The summed E-state index contributed by atoms with van der Waals surface area (Å²) in [5.41, 5.74) is 5.24. The molecule has 4 nitrogen and oxygen atoms in total. The summed E-state index contributed by atoms with van der Waals surface area (Å²) < 4.78 is 6.39. The molecule has 0 fully saturated rings. The van der Waals surface area contributed by atoms with Crippen molar-refractivity contribution in [3.8, 4) is 0 Å². The van der Waals surface area contributed by atoms with Crippen LogP contribution in [0.1, 0.15) is 28.0 Å². The number of nitrogens with zero attached hydrogens (tertiary/aromatic N) is 2. The van der Waals surface area contributed by atoms with E-state index in [1.54, 1.807) is 11.2 Å². The van der Waals surface area contributed by atoms with Crippen LogP contribution in [0.25, 0.3) is 10.2 Å². The first kappa shape index (κ1) is 19.7. The normalized spacial score (nSPS) is 11.2. The van der Waals surface area contributed by atoms with E-state index < -0.39 is 0 Å². The zero-order chi connectivity index (χ0) is 20.5. The van der Waals surface area contributed by atoms with Crippen molar-refractivity contribution >= 4 is 44.2 Å². The minimum Gasteiger partial charge on any atom is -0.467 e. The third kappa shape index (κ3) is 4.07. The van der Waals surface area contributed by atoms with Crippen LogP contribution < -0.4 is 4.90 Å². The molecule has 4 rings (SSSR count). The molecule has 0 N–H and O–H groups in total. The maximum atomic E-state index is 13.3. The predicted octanol–water partition coefficient (Wildman–Crippen LogP) is 6.24. The summed E-state index contributed by atoms with van der Waals surface area (Å²) >= 11 is 7.81. The molecule has 2 aromatic heterocycles. The van der Waals surface area contributed by atoms with E-state index in [1.807, 2.05) is 37.3 Å². The third-order valence-corrected chi connectivity index (χ3v) is 6.58. The monoisotopic (exact) mass is 424 g/mol. The van der Waals surface area contributed by atoms with E-state index in [9.17, 15) is 4.79 Å². The highest BCUT2D eigenvalue weighted by molar-refractivity contribution is 7.23. The van der Waals surface area contributed by atoms with Gasteiger partial charge in [0.15, 0.2) is 5.13 Å². The van der Waals surface area contributed by atoms with Crippen molar-refractivity contribution in [1.82, 2.24) is 4.98 Å². The molecule has 0 radical (unpaired) electrons. The Morgan fingerprint density at radius 1 is 1.10 bits per heavy atom. The summed E-state index contributed by atoms with van der Waals surface area (Å²) in [5.74, 6) is 0.679. The van der Waals surface area contributed by atoms with Gasteiger partial charge >= 0.3 is 0 Å². The van der Waals surface area contributed by atoms with Crippen molar-refractivity contribution in [1.29, 1.82) is 0 Å². The minimum atomic E-state index is -0.0301. The van der Waals surface area contributed by atoms with Gasteiger partial charge in [-0.2, -0.15) is 0 Å². The van der Waals surface area contributed by atoms with Gasteiger partial charge in [0.05, 0.1) is 34.5 Å². The highest BCUT2D eigenvalue weighted by Crippen LogP contribution is 2.36. The quantitative estimate of drug-likeness (QED) is 0.380. The SMILES string of the molecule is Cc1ccc(CC(=O)N(Cc2ccco2)c2nc3c(C)ccc(Cl)c3s2)cc1C. The fourth-order valence-corrected chi connectivity index (χ4v) is 4.54. The van der Waals surface area contributed by atoms with Crippen molar-refractivity contribution in [2.45, 2.75) is 33.7 Å². The van der Waals surface area contributed by atoms with Gasteiger partial charge in [-0.25, -0.2) is 4.98 Å². The maximum Gasteiger partial charge on any atom is 0.233 e. The van der Waals surface area contributed by atoms with Gasteiger partial charge in [-0.15, -0.1) is 0 Å². The second kappa shape index (κ2) is 8.01. The number of aryl methyl sites for hydroxylation is 3. The van der Waals surface area contributed by atoms with Gasteiger partial charge in [-0.1, -0.05) is 47.2 Å². The van der Waals surface area contributed by atoms with Gasteiger partial charge in [-0.3, -0.25) is 9.69 Å². The third-order valence-electron chi connectivity index (χ3n) is 5.04. The molecule has 2 heterocycles. The number of halogens is 1. The average Bonchev–Trinajstić information content (AvgIpc) is 3.36. The van der Waals surface area contributed by atoms with Crippen molar-refractivity contribution in [3.63, 3.8) is 0 Å². The van der Waals surface area contributed by atoms with Crippen LogP contribution in [0, 0.1) is 20.8 Å². The van der Waals surface area contributed by atoms with Crippen molar-refractivity contribution in [2.75, 3.05) is 4.90 Å². The molecule has 0 aliphatic rings. The van der Waals surface area contributed by atoms with Gasteiger partial charge in [0.25, 0.3) is 0 Å². The standard InChI is InChI=1S/C23H21ClN2O2S/c1-14-6-8-17(11-16(14)3)12-20(27)26(13-18-5-4-10-28-18)23-25-21-15(2)7-9-19(24)22(21)29-23/h4-11H,12-13H2,1-3H3. The van der Waals surface area contributed by atoms with E-state index >= 15 is 0 Å². The molecule has 0 unspecified atom stereocenters. The Hall–Kier alpha value is -2.63. The Morgan fingerprint density at radius 2 is 1.90 bits per heavy atom. The lowest BCUT2D eigenvalue weighted by Gasteiger charge is -2.19. The van der Waals surface area contributed by atoms with Crippen molar-refractivity contribution in [3.05, 3.63) is 81.8 Å². The number of thiazole rings is 1. The number of rotatable bonds is 5. The topological polar surface area (TPSA) is 46.3 Å². The largest absolute Gasteiger partial charge is 0.467 e. The van der Waals surface area contributed by atoms with E-state index in [1.165, 1.54) is 22.5 Å². The number of hydrogen-bond donors (Lipinski definition) is 0. The highest BCUT2D eigenvalue weighted by Gasteiger charge is 2.23. The van der Waals surface area contributed by atoms with E-state index in [0.717, 1.165) is 21.3 Å². The van der Waals surface area contributed by atoms with E-state index in [2.05, 4.69) is 26.0 Å². The van der Waals surface area contributed by atoms with Crippen molar-refractivity contribution < 1.29 is 9.21 Å². The number of hydrogen-bond acceptors (Lipinski definition) is 4. The number of carbonyl (C=O) groups excluding carboxylic acids is 1. The number of carbonyl (C=O) groups is 1. The molecule has 0 atom stereocenters. The van der Waals surface area contributed by atoms with E-state index in [-0.39, 0.29) is 5.91 Å². The van der Waals surface area contributed by atoms with Gasteiger partial charge in [0.2, 0.25) is 5.91 Å². The highest BCUT2D eigenvalue weighted by atomic mass is 35.5. The molecule has 0 saturated heterocycles. The number of aromatic nitrogens is 1. The van der Waals surface area contributed by atoms with Gasteiger partial charge < -0.3 is 4.42 Å². The molecule has 0 spiro atoms. The molecule has 148 valence electrons. The number of benzene rings is 2. The second-order valence-electron chi connectivity index (χ2n) is 7.19. The molecular formula is C23H21ClN2O2S. The molecule has 4 aromatic rings. The summed E-state index contributed by atoms with van der Waals surface area (Å²) in [6, 6.07) is 13.6. The second-order valence-corrected chi connectivity index (χ2v) is 8.58. The summed E-state index contributed by atoms with van der Waals surface area (Å²) in [6.45, 7) is 6.45. The number of fused-ring (bicyclic) bond motifs is 1. The first-order valence-electron chi connectivity index (χ1n) is 9.37. The fourth-order valence-electron chi connectivity index (χ4n) is 3.21. The van der Waals surface area contributed by atoms with Crippen LogP contribution in [0.2, 0.25) is 5.02 Å². The molecule has 6 heteroatoms. The molecule has 0 saturated carbocycles. The minimum absolute atomic E-state index is 0.0301. The lowest BCUT2D eigenvalue weighted by Crippen LogP contribution is -2.31. The molecule has 29 heavy (non-hydrogen) atoms. The summed E-state index contributed by atoms with van der Waals surface area (Å²) in [7, 11) is 0. The maximum absolute atomic E-state index is 13.3. The first-order chi connectivity index (χ1) is 13.9. The number of amides is 1. The average molecular weight is 425 g/mol. The predicted molar refractivity (Wildman–Crippen MR) is 119 cm³/mol. The van der Waals surface area contributed by atoms with Crippen molar-refractivity contribution in [2.24, 2.45) is 0 Å². The summed E-state index contributed by atoms with van der Waals surface area (Å²) in [6.07, 6.45) is 1.91. The van der Waals surface area contributed by atoms with Gasteiger partial charge in [0.1, 0.15) is 5.76 Å². The molecule has 0 aliphatic carbocycles. The molecular weight excluding hydrogens is 404 g/mol. The number of furan rings is 1. The zero-order valence-corrected chi connectivity index (χ0v) is 18.1. The Balaban J connectivity index is 1.71. The summed E-state index contributed by atoms with van der Waals surface area (Å²) in [4.78, 5) is 19.7. The molecule has 2 aromatic carbocycles. The van der Waals surface area contributed by atoms with Crippen LogP contribution in [-0.2, 0) is 17.8 Å². The van der Waals surface area contributed by atoms with Crippen LogP contribution in [0.5, 0.6) is 0 Å². The Bertz CT molecular complexity index is 1140. The lowest BCUT2D eigenvalue weighted by molar-refractivity contribution is -0.118. The Morgan fingerprint density at radius 3 is 2.59 bits per heavy atom. The Kier molecular flexibility index (Phi) is 5.43. The zero-order valence-electron chi connectivity index (χ0n) is 16.5. The Labute approximate surface area is 178 Å². The van der Waals surface area contributed by atoms with Crippen LogP contribution in [-0.4, -0.2) is 10.9 Å². The van der Waals surface area contributed by atoms with Gasteiger partial charge in [0, 0.05) is 0 Å². The molecule has 1 amide bonds. The fraction of sp³-hybridized carbons (Fsp3) is 0.217. The smallest absolute Gasteiger partial charge is 0.233 e.